The number of carbonyl (C=O) groups is 1. The van der Waals surface area contributed by atoms with E-state index in [9.17, 15) is 4.79 Å². The summed E-state index contributed by atoms with van der Waals surface area (Å²) in [5.41, 5.74) is 2.92. The quantitative estimate of drug-likeness (QED) is 0.850. The van der Waals surface area contributed by atoms with E-state index < -0.39 is 0 Å². The van der Waals surface area contributed by atoms with E-state index in [4.69, 9.17) is 11.6 Å². The van der Waals surface area contributed by atoms with E-state index in [1.54, 1.807) is 6.07 Å². The van der Waals surface area contributed by atoms with Crippen molar-refractivity contribution in [3.8, 4) is 0 Å². The van der Waals surface area contributed by atoms with Gasteiger partial charge in [0.1, 0.15) is 0 Å². The topological polar surface area (TPSA) is 32.3 Å². The summed E-state index contributed by atoms with van der Waals surface area (Å²) >= 11 is 5.92. The maximum absolute atomic E-state index is 12.1. The van der Waals surface area contributed by atoms with E-state index in [-0.39, 0.29) is 5.91 Å². The number of carbonyl (C=O) groups excluding carboxylic acids is 1. The monoisotopic (exact) mass is 316 g/mol. The molecular formula is C18H21ClN2O. The number of aryl methyl sites for hydroxylation is 1. The van der Waals surface area contributed by atoms with Crippen molar-refractivity contribution in [1.29, 1.82) is 0 Å². The molecule has 0 radical (unpaired) electrons. The lowest BCUT2D eigenvalue weighted by molar-refractivity contribution is -0.116. The molecule has 0 aliphatic heterocycles. The molecule has 0 saturated carbocycles. The summed E-state index contributed by atoms with van der Waals surface area (Å²) in [4.78, 5) is 14.3. The van der Waals surface area contributed by atoms with Gasteiger partial charge in [0.2, 0.25) is 5.91 Å². The Bertz CT molecular complexity index is 628. The van der Waals surface area contributed by atoms with Crippen molar-refractivity contribution in [2.75, 3.05) is 23.3 Å². The highest BCUT2D eigenvalue weighted by atomic mass is 35.5. The first-order valence-electron chi connectivity index (χ1n) is 7.46. The van der Waals surface area contributed by atoms with E-state index in [0.29, 0.717) is 18.0 Å². The highest BCUT2D eigenvalue weighted by Crippen LogP contribution is 2.20. The van der Waals surface area contributed by atoms with Gasteiger partial charge in [-0.2, -0.15) is 0 Å². The predicted molar refractivity (Wildman–Crippen MR) is 93.8 cm³/mol. The van der Waals surface area contributed by atoms with Gasteiger partial charge >= 0.3 is 0 Å². The third-order valence-electron chi connectivity index (χ3n) is 3.57. The molecule has 0 aromatic heterocycles. The Balaban J connectivity index is 1.92. The first kappa shape index (κ1) is 16.4. The summed E-state index contributed by atoms with van der Waals surface area (Å²) in [7, 11) is 0. The average molecular weight is 317 g/mol. The Morgan fingerprint density at radius 1 is 1.18 bits per heavy atom. The minimum atomic E-state index is 0.0137. The van der Waals surface area contributed by atoms with Crippen molar-refractivity contribution < 1.29 is 4.79 Å². The fraction of sp³-hybridized carbons (Fsp3) is 0.278. The van der Waals surface area contributed by atoms with Crippen LogP contribution in [0.25, 0.3) is 0 Å². The molecule has 4 heteroatoms. The van der Waals surface area contributed by atoms with Crippen LogP contribution in [0.5, 0.6) is 0 Å². The summed E-state index contributed by atoms with van der Waals surface area (Å²) in [6.07, 6.45) is 0.449. The lowest BCUT2D eigenvalue weighted by atomic mass is 10.2. The van der Waals surface area contributed by atoms with Crippen LogP contribution in [-0.4, -0.2) is 19.0 Å². The molecule has 0 atom stereocenters. The van der Waals surface area contributed by atoms with Crippen LogP contribution in [0.1, 0.15) is 18.9 Å². The molecular weight excluding hydrogens is 296 g/mol. The number of benzene rings is 2. The molecule has 22 heavy (non-hydrogen) atoms. The summed E-state index contributed by atoms with van der Waals surface area (Å²) in [6, 6.07) is 15.6. The van der Waals surface area contributed by atoms with Gasteiger partial charge in [-0.15, -0.1) is 0 Å². The molecule has 2 aromatic rings. The first-order valence-corrected chi connectivity index (χ1v) is 7.84. The maximum Gasteiger partial charge on any atom is 0.226 e. The summed E-state index contributed by atoms with van der Waals surface area (Å²) in [5.74, 6) is 0.0137. The molecule has 116 valence electrons. The Morgan fingerprint density at radius 2 is 1.91 bits per heavy atom. The third-order valence-corrected chi connectivity index (χ3v) is 3.81. The van der Waals surface area contributed by atoms with Gasteiger partial charge in [0, 0.05) is 35.9 Å². The summed E-state index contributed by atoms with van der Waals surface area (Å²) in [5, 5.41) is 3.62. The van der Waals surface area contributed by atoms with Gasteiger partial charge in [0.25, 0.3) is 0 Å². The Labute approximate surface area is 136 Å². The molecule has 0 fully saturated rings. The fourth-order valence-electron chi connectivity index (χ4n) is 2.33. The van der Waals surface area contributed by atoms with E-state index in [0.717, 1.165) is 23.5 Å². The smallest absolute Gasteiger partial charge is 0.226 e. The van der Waals surface area contributed by atoms with Crippen LogP contribution in [0.2, 0.25) is 5.02 Å². The van der Waals surface area contributed by atoms with Crippen molar-refractivity contribution in [3.05, 3.63) is 59.1 Å². The molecule has 2 rings (SSSR count). The van der Waals surface area contributed by atoms with Gasteiger partial charge in [-0.3, -0.25) is 4.79 Å². The number of amides is 1. The number of hydrogen-bond donors (Lipinski definition) is 1. The van der Waals surface area contributed by atoms with Crippen molar-refractivity contribution in [3.63, 3.8) is 0 Å². The second-order valence-corrected chi connectivity index (χ2v) is 5.61. The molecule has 0 saturated heterocycles. The number of hydrogen-bond acceptors (Lipinski definition) is 2. The Kier molecular flexibility index (Phi) is 5.84. The van der Waals surface area contributed by atoms with E-state index in [2.05, 4.69) is 29.3 Å². The highest BCUT2D eigenvalue weighted by Gasteiger charge is 2.09. The predicted octanol–water partition coefficient (Wildman–Crippen LogP) is 4.50. The third kappa shape index (κ3) is 4.50. The van der Waals surface area contributed by atoms with Crippen LogP contribution in [0.15, 0.2) is 48.5 Å². The molecule has 0 unspecified atom stereocenters. The molecule has 2 aromatic carbocycles. The maximum atomic E-state index is 12.1. The second kappa shape index (κ2) is 7.85. The first-order chi connectivity index (χ1) is 10.6. The van der Waals surface area contributed by atoms with Gasteiger partial charge in [-0.05, 0) is 49.7 Å². The summed E-state index contributed by atoms with van der Waals surface area (Å²) < 4.78 is 0. The van der Waals surface area contributed by atoms with Gasteiger partial charge in [0.15, 0.2) is 0 Å². The van der Waals surface area contributed by atoms with Crippen LogP contribution in [0.3, 0.4) is 0 Å². The average Bonchev–Trinajstić information content (AvgIpc) is 2.52. The molecule has 0 aliphatic carbocycles. The Hall–Kier alpha value is -2.00. The zero-order chi connectivity index (χ0) is 15.9. The molecule has 0 bridgehead atoms. The zero-order valence-corrected chi connectivity index (χ0v) is 13.7. The molecule has 0 aliphatic rings. The molecule has 0 heterocycles. The summed E-state index contributed by atoms with van der Waals surface area (Å²) in [6.45, 7) is 5.59. The molecule has 1 N–H and O–H groups in total. The van der Waals surface area contributed by atoms with Crippen molar-refractivity contribution in [2.24, 2.45) is 0 Å². The van der Waals surface area contributed by atoms with Gasteiger partial charge in [0.05, 0.1) is 0 Å². The highest BCUT2D eigenvalue weighted by molar-refractivity contribution is 6.30. The minimum Gasteiger partial charge on any atom is -0.371 e. The molecule has 1 amide bonds. The van der Waals surface area contributed by atoms with E-state index in [1.165, 1.54) is 0 Å². The number of rotatable bonds is 6. The van der Waals surface area contributed by atoms with Crippen LogP contribution in [-0.2, 0) is 4.79 Å². The number of para-hydroxylation sites is 1. The number of nitrogens with zero attached hydrogens (tertiary/aromatic N) is 1. The van der Waals surface area contributed by atoms with Crippen LogP contribution < -0.4 is 10.2 Å². The van der Waals surface area contributed by atoms with Crippen LogP contribution in [0.4, 0.5) is 11.4 Å². The lowest BCUT2D eigenvalue weighted by Gasteiger charge is -2.22. The lowest BCUT2D eigenvalue weighted by Crippen LogP contribution is -2.27. The zero-order valence-electron chi connectivity index (χ0n) is 13.0. The number of halogens is 1. The van der Waals surface area contributed by atoms with Gasteiger partial charge in [-0.25, -0.2) is 0 Å². The van der Waals surface area contributed by atoms with Crippen LogP contribution in [0, 0.1) is 6.92 Å². The minimum absolute atomic E-state index is 0.0137. The standard InChI is InChI=1S/C18H21ClN2O/c1-3-21(16-7-5-4-6-8-16)12-11-18(22)20-17-10-9-15(19)13-14(17)2/h4-10,13H,3,11-12H2,1-2H3,(H,20,22). The van der Waals surface area contributed by atoms with Crippen LogP contribution >= 0.6 is 11.6 Å². The van der Waals surface area contributed by atoms with Crippen molar-refractivity contribution in [2.45, 2.75) is 20.3 Å². The number of anilines is 2. The van der Waals surface area contributed by atoms with Crippen molar-refractivity contribution >= 4 is 28.9 Å². The molecule has 0 spiro atoms. The molecule has 3 nitrogen and oxygen atoms in total. The second-order valence-electron chi connectivity index (χ2n) is 5.17. The Morgan fingerprint density at radius 3 is 2.55 bits per heavy atom. The SMILES string of the molecule is CCN(CCC(=O)Nc1ccc(Cl)cc1C)c1ccccc1. The fourth-order valence-corrected chi connectivity index (χ4v) is 2.55. The van der Waals surface area contributed by atoms with E-state index >= 15 is 0 Å². The number of nitrogens with one attached hydrogen (secondary N) is 1. The van der Waals surface area contributed by atoms with Gasteiger partial charge < -0.3 is 10.2 Å². The normalized spacial score (nSPS) is 10.3. The van der Waals surface area contributed by atoms with Gasteiger partial charge in [-0.1, -0.05) is 29.8 Å². The van der Waals surface area contributed by atoms with E-state index in [1.807, 2.05) is 37.3 Å². The largest absolute Gasteiger partial charge is 0.371 e. The van der Waals surface area contributed by atoms with Crippen molar-refractivity contribution in [1.82, 2.24) is 0 Å².